The molecular weight excluding hydrogens is 224 g/mol. The second kappa shape index (κ2) is 6.36. The molecule has 1 aliphatic heterocycles. The molecule has 1 saturated carbocycles. The molecule has 0 amide bonds. The molecule has 0 spiro atoms. The van der Waals surface area contributed by atoms with Crippen LogP contribution in [0.3, 0.4) is 0 Å². The molecule has 2 atom stereocenters. The topological polar surface area (TPSA) is 44.3 Å². The zero-order valence-electron chi connectivity index (χ0n) is 12.0. The molecule has 0 aromatic carbocycles. The van der Waals surface area contributed by atoms with Gasteiger partial charge < -0.3 is 15.7 Å². The molecule has 3 nitrogen and oxygen atoms in total. The van der Waals surface area contributed by atoms with Crippen LogP contribution in [-0.4, -0.2) is 35.9 Å². The normalized spacial score (nSPS) is 41.8. The van der Waals surface area contributed by atoms with Gasteiger partial charge in [0, 0.05) is 12.1 Å². The Bertz CT molecular complexity index is 249. The number of piperidine rings is 1. The quantitative estimate of drug-likeness (QED) is 0.719. The molecule has 2 aliphatic rings. The Morgan fingerprint density at radius 1 is 1.22 bits per heavy atom. The van der Waals surface area contributed by atoms with Crippen molar-refractivity contribution in [1.82, 2.24) is 10.6 Å². The van der Waals surface area contributed by atoms with Gasteiger partial charge in [0.25, 0.3) is 0 Å². The van der Waals surface area contributed by atoms with Gasteiger partial charge in [-0.2, -0.15) is 0 Å². The van der Waals surface area contributed by atoms with Crippen LogP contribution < -0.4 is 10.6 Å². The summed E-state index contributed by atoms with van der Waals surface area (Å²) in [7, 11) is 0. The molecule has 0 aromatic rings. The van der Waals surface area contributed by atoms with Gasteiger partial charge in [0.15, 0.2) is 0 Å². The predicted octanol–water partition coefficient (Wildman–Crippen LogP) is 2.05. The molecule has 2 fully saturated rings. The minimum Gasteiger partial charge on any atom is -0.388 e. The monoisotopic (exact) mass is 254 g/mol. The van der Waals surface area contributed by atoms with Gasteiger partial charge in [-0.3, -0.25) is 0 Å². The molecule has 0 bridgehead atoms. The third-order valence-electron chi connectivity index (χ3n) is 5.08. The first-order chi connectivity index (χ1) is 8.68. The fourth-order valence-corrected chi connectivity index (χ4v) is 3.74. The first-order valence-electron chi connectivity index (χ1n) is 7.87. The van der Waals surface area contributed by atoms with Gasteiger partial charge in [0.2, 0.25) is 0 Å². The largest absolute Gasteiger partial charge is 0.388 e. The predicted molar refractivity (Wildman–Crippen MR) is 75.7 cm³/mol. The van der Waals surface area contributed by atoms with Crippen molar-refractivity contribution < 1.29 is 5.11 Å². The molecule has 1 heterocycles. The highest BCUT2D eigenvalue weighted by molar-refractivity contribution is 4.98. The van der Waals surface area contributed by atoms with Crippen molar-refractivity contribution in [3.63, 3.8) is 0 Å². The Hall–Kier alpha value is -0.120. The highest BCUT2D eigenvalue weighted by atomic mass is 16.3. The maximum Gasteiger partial charge on any atom is 0.0801 e. The summed E-state index contributed by atoms with van der Waals surface area (Å²) in [6.45, 7) is 6.57. The van der Waals surface area contributed by atoms with E-state index in [1.54, 1.807) is 0 Å². The summed E-state index contributed by atoms with van der Waals surface area (Å²) in [4.78, 5) is 0. The third-order valence-corrected chi connectivity index (χ3v) is 5.08. The van der Waals surface area contributed by atoms with Gasteiger partial charge in [-0.1, -0.05) is 20.3 Å². The summed E-state index contributed by atoms with van der Waals surface area (Å²) in [5.41, 5.74) is -0.445. The van der Waals surface area contributed by atoms with E-state index >= 15 is 0 Å². The average molecular weight is 254 g/mol. The van der Waals surface area contributed by atoms with Gasteiger partial charge in [-0.15, -0.1) is 0 Å². The van der Waals surface area contributed by atoms with Crippen LogP contribution in [0.1, 0.15) is 58.8 Å². The number of rotatable bonds is 4. The Labute approximate surface area is 112 Å². The van der Waals surface area contributed by atoms with E-state index < -0.39 is 5.60 Å². The summed E-state index contributed by atoms with van der Waals surface area (Å²) in [6.07, 6.45) is 7.87. The summed E-state index contributed by atoms with van der Waals surface area (Å²) in [6, 6.07) is 0.958. The summed E-state index contributed by atoms with van der Waals surface area (Å²) in [5, 5.41) is 18.0. The van der Waals surface area contributed by atoms with Crippen molar-refractivity contribution in [2.75, 3.05) is 13.1 Å². The zero-order chi connectivity index (χ0) is 13.0. The second-order valence-corrected chi connectivity index (χ2v) is 6.24. The lowest BCUT2D eigenvalue weighted by molar-refractivity contribution is -0.0490. The Balaban J connectivity index is 1.88. The molecule has 3 heteroatoms. The number of nitrogens with one attached hydrogen (secondary N) is 2. The van der Waals surface area contributed by atoms with E-state index in [9.17, 15) is 5.11 Å². The van der Waals surface area contributed by atoms with Crippen LogP contribution in [0.25, 0.3) is 0 Å². The van der Waals surface area contributed by atoms with E-state index in [1.807, 2.05) is 0 Å². The number of hydrogen-bond acceptors (Lipinski definition) is 3. The molecule has 106 valence electrons. The Kier molecular flexibility index (Phi) is 5.05. The van der Waals surface area contributed by atoms with Crippen molar-refractivity contribution in [2.24, 2.45) is 5.92 Å². The summed E-state index contributed by atoms with van der Waals surface area (Å²) < 4.78 is 0. The fraction of sp³-hybridized carbons (Fsp3) is 1.00. The lowest BCUT2D eigenvalue weighted by Crippen LogP contribution is -2.57. The number of hydrogen-bond donors (Lipinski definition) is 3. The van der Waals surface area contributed by atoms with Crippen LogP contribution in [0.4, 0.5) is 0 Å². The molecule has 18 heavy (non-hydrogen) atoms. The van der Waals surface area contributed by atoms with Crippen LogP contribution in [0.15, 0.2) is 0 Å². The Morgan fingerprint density at radius 3 is 2.56 bits per heavy atom. The van der Waals surface area contributed by atoms with Crippen molar-refractivity contribution in [3.05, 3.63) is 0 Å². The molecule has 1 aliphatic carbocycles. The summed E-state index contributed by atoms with van der Waals surface area (Å²) >= 11 is 0. The van der Waals surface area contributed by atoms with E-state index in [0.29, 0.717) is 12.1 Å². The SMILES string of the molecule is CCNC1CCC(O)(C2CC(CC)CCN2)CC1. The fourth-order valence-electron chi connectivity index (χ4n) is 3.74. The summed E-state index contributed by atoms with van der Waals surface area (Å²) in [5.74, 6) is 0.812. The molecule has 0 radical (unpaired) electrons. The lowest BCUT2D eigenvalue weighted by Gasteiger charge is -2.45. The molecule has 0 aromatic heterocycles. The van der Waals surface area contributed by atoms with Gasteiger partial charge in [0.1, 0.15) is 0 Å². The van der Waals surface area contributed by atoms with Gasteiger partial charge in [-0.05, 0) is 57.5 Å². The van der Waals surface area contributed by atoms with Crippen LogP contribution in [0, 0.1) is 5.92 Å². The van der Waals surface area contributed by atoms with Gasteiger partial charge in [-0.25, -0.2) is 0 Å². The van der Waals surface area contributed by atoms with Crippen molar-refractivity contribution in [2.45, 2.75) is 76.5 Å². The van der Waals surface area contributed by atoms with E-state index in [1.165, 1.54) is 19.3 Å². The second-order valence-electron chi connectivity index (χ2n) is 6.24. The standard InChI is InChI=1S/C15H30N2O/c1-3-12-7-10-17-14(11-12)15(18)8-5-13(6-9-15)16-4-2/h12-14,16-18H,3-11H2,1-2H3. The van der Waals surface area contributed by atoms with E-state index in [0.717, 1.165) is 44.7 Å². The average Bonchev–Trinajstić information content (AvgIpc) is 2.42. The van der Waals surface area contributed by atoms with Gasteiger partial charge in [0.05, 0.1) is 5.60 Å². The van der Waals surface area contributed by atoms with Crippen molar-refractivity contribution in [1.29, 1.82) is 0 Å². The van der Waals surface area contributed by atoms with Gasteiger partial charge >= 0.3 is 0 Å². The van der Waals surface area contributed by atoms with E-state index in [2.05, 4.69) is 24.5 Å². The Morgan fingerprint density at radius 2 is 1.94 bits per heavy atom. The maximum absolute atomic E-state index is 10.9. The molecule has 2 unspecified atom stereocenters. The minimum absolute atomic E-state index is 0.332. The zero-order valence-corrected chi connectivity index (χ0v) is 12.0. The minimum atomic E-state index is -0.445. The first-order valence-corrected chi connectivity index (χ1v) is 7.87. The van der Waals surface area contributed by atoms with E-state index in [-0.39, 0.29) is 0 Å². The molecule has 1 saturated heterocycles. The molecule has 2 rings (SSSR count). The maximum atomic E-state index is 10.9. The first kappa shape index (κ1) is 14.3. The highest BCUT2D eigenvalue weighted by Crippen LogP contribution is 2.36. The molecule has 3 N–H and O–H groups in total. The third kappa shape index (κ3) is 3.25. The smallest absolute Gasteiger partial charge is 0.0801 e. The molecular formula is C15H30N2O. The van der Waals surface area contributed by atoms with Crippen LogP contribution in [0.5, 0.6) is 0 Å². The van der Waals surface area contributed by atoms with Crippen LogP contribution >= 0.6 is 0 Å². The lowest BCUT2D eigenvalue weighted by atomic mass is 9.73. The van der Waals surface area contributed by atoms with Crippen LogP contribution in [-0.2, 0) is 0 Å². The highest BCUT2D eigenvalue weighted by Gasteiger charge is 2.41. The number of aliphatic hydroxyl groups is 1. The van der Waals surface area contributed by atoms with Crippen molar-refractivity contribution in [3.8, 4) is 0 Å². The van der Waals surface area contributed by atoms with Crippen molar-refractivity contribution >= 4 is 0 Å². The van der Waals surface area contributed by atoms with E-state index in [4.69, 9.17) is 0 Å². The van der Waals surface area contributed by atoms with Crippen LogP contribution in [0.2, 0.25) is 0 Å².